The topological polar surface area (TPSA) is 253 Å². The molecule has 0 aliphatic carbocycles. The summed E-state index contributed by atoms with van der Waals surface area (Å²) in [6.07, 6.45) is 10.2. The summed E-state index contributed by atoms with van der Waals surface area (Å²) in [7, 11) is 3.24. The molecule has 5 aromatic heterocycles. The van der Waals surface area contributed by atoms with E-state index in [9.17, 15) is 14.7 Å². The molecular formula is C29H36N16O3. The molecule has 5 aromatic rings. The van der Waals surface area contributed by atoms with E-state index in [1.54, 1.807) is 14.1 Å². The van der Waals surface area contributed by atoms with Crippen molar-refractivity contribution in [3.05, 3.63) is 47.3 Å². The van der Waals surface area contributed by atoms with Crippen LogP contribution in [-0.2, 0) is 26.9 Å². The molecule has 0 atom stereocenters. The Labute approximate surface area is 274 Å². The average Bonchev–Trinajstić information content (AvgIpc) is 3.80. The molecule has 5 heterocycles. The minimum absolute atomic E-state index is 0.0638. The van der Waals surface area contributed by atoms with Gasteiger partial charge in [-0.2, -0.15) is 29.8 Å². The second-order valence-electron chi connectivity index (χ2n) is 10.9. The van der Waals surface area contributed by atoms with Crippen LogP contribution in [-0.4, -0.2) is 65.9 Å². The van der Waals surface area contributed by atoms with Gasteiger partial charge in [0.1, 0.15) is 5.56 Å². The molecule has 0 aliphatic heterocycles. The maximum absolute atomic E-state index is 12.0. The molecule has 0 fully saturated rings. The van der Waals surface area contributed by atoms with Crippen molar-refractivity contribution in [1.82, 2.24) is 49.1 Å². The molecule has 0 saturated heterocycles. The van der Waals surface area contributed by atoms with Gasteiger partial charge in [0.15, 0.2) is 52.1 Å². The SMILES string of the molecule is CCCCc1nn(-c2cnc(-n3nc(CCCC)c(/N=N/c4c(C(=O)O)cnn4C)c3N)cn2)c(N)c1/N=N/c1c(C(C)=O)cnn1C. The predicted octanol–water partition coefficient (Wildman–Crippen LogP) is 4.90. The molecule has 0 aliphatic rings. The van der Waals surface area contributed by atoms with Gasteiger partial charge >= 0.3 is 5.97 Å². The van der Waals surface area contributed by atoms with E-state index >= 15 is 0 Å². The number of carbonyl (C=O) groups is 2. The number of aromatic carboxylic acids is 1. The van der Waals surface area contributed by atoms with E-state index in [2.05, 4.69) is 57.7 Å². The van der Waals surface area contributed by atoms with Crippen molar-refractivity contribution in [1.29, 1.82) is 0 Å². The van der Waals surface area contributed by atoms with E-state index in [-0.39, 0.29) is 28.8 Å². The number of unbranched alkanes of at least 4 members (excludes halogenated alkanes) is 2. The Morgan fingerprint density at radius 2 is 1.17 bits per heavy atom. The third-order valence-corrected chi connectivity index (χ3v) is 7.44. The summed E-state index contributed by atoms with van der Waals surface area (Å²) < 4.78 is 5.60. The monoisotopic (exact) mass is 656 g/mol. The Hall–Kier alpha value is -6.14. The highest BCUT2D eigenvalue weighted by molar-refractivity contribution is 5.98. The Kier molecular flexibility index (Phi) is 9.76. The van der Waals surface area contributed by atoms with Crippen molar-refractivity contribution in [2.24, 2.45) is 34.6 Å². The fraction of sp³-hybridized carbons (Fsp3) is 0.379. The minimum Gasteiger partial charge on any atom is -0.477 e. The number of nitrogens with two attached hydrogens (primary N) is 2. The Morgan fingerprint density at radius 3 is 1.56 bits per heavy atom. The number of anilines is 2. The van der Waals surface area contributed by atoms with Crippen LogP contribution < -0.4 is 11.5 Å². The smallest absolute Gasteiger partial charge is 0.341 e. The maximum Gasteiger partial charge on any atom is 0.341 e. The molecule has 5 rings (SSSR count). The van der Waals surface area contributed by atoms with Crippen molar-refractivity contribution in [3.63, 3.8) is 0 Å². The Bertz CT molecular complexity index is 1870. The van der Waals surface area contributed by atoms with Gasteiger partial charge in [0, 0.05) is 14.1 Å². The highest BCUT2D eigenvalue weighted by Crippen LogP contribution is 2.34. The number of nitrogens with zero attached hydrogens (tertiary/aromatic N) is 14. The van der Waals surface area contributed by atoms with Gasteiger partial charge in [0.2, 0.25) is 0 Å². The number of rotatable bonds is 14. The van der Waals surface area contributed by atoms with Gasteiger partial charge in [-0.05, 0) is 32.6 Å². The van der Waals surface area contributed by atoms with Gasteiger partial charge < -0.3 is 16.6 Å². The van der Waals surface area contributed by atoms with Crippen molar-refractivity contribution in [3.8, 4) is 11.6 Å². The van der Waals surface area contributed by atoms with Crippen LogP contribution >= 0.6 is 0 Å². The molecule has 0 saturated carbocycles. The van der Waals surface area contributed by atoms with Gasteiger partial charge in [0.25, 0.3) is 0 Å². The van der Waals surface area contributed by atoms with Crippen LogP contribution in [0.1, 0.15) is 78.6 Å². The average molecular weight is 657 g/mol. The first-order valence-corrected chi connectivity index (χ1v) is 15.2. The van der Waals surface area contributed by atoms with Gasteiger partial charge in [-0.1, -0.05) is 26.7 Å². The largest absolute Gasteiger partial charge is 0.477 e. The third-order valence-electron chi connectivity index (χ3n) is 7.44. The number of aromatic nitrogens is 10. The van der Waals surface area contributed by atoms with Crippen LogP contribution in [0.5, 0.6) is 0 Å². The predicted molar refractivity (Wildman–Crippen MR) is 174 cm³/mol. The summed E-state index contributed by atoms with van der Waals surface area (Å²) in [4.78, 5) is 32.7. The lowest BCUT2D eigenvalue weighted by atomic mass is 10.2. The first-order chi connectivity index (χ1) is 23.0. The zero-order valence-electron chi connectivity index (χ0n) is 27.2. The number of carbonyl (C=O) groups excluding carboxylic acids is 1. The van der Waals surface area contributed by atoms with E-state index in [1.807, 2.05) is 6.92 Å². The van der Waals surface area contributed by atoms with E-state index in [0.29, 0.717) is 58.6 Å². The number of carboxylic acids is 1. The second-order valence-corrected chi connectivity index (χ2v) is 10.9. The van der Waals surface area contributed by atoms with Gasteiger partial charge in [-0.3, -0.25) is 4.79 Å². The fourth-order valence-electron chi connectivity index (χ4n) is 4.76. The third kappa shape index (κ3) is 6.55. The lowest BCUT2D eigenvalue weighted by Gasteiger charge is -2.05. The maximum atomic E-state index is 12.0. The summed E-state index contributed by atoms with van der Waals surface area (Å²) >= 11 is 0. The number of carboxylic acid groups (broad SMARTS) is 1. The molecule has 250 valence electrons. The molecule has 0 unspecified atom stereocenters. The zero-order valence-corrected chi connectivity index (χ0v) is 27.2. The summed E-state index contributed by atoms with van der Waals surface area (Å²) in [6, 6.07) is 0. The Morgan fingerprint density at radius 1 is 0.729 bits per heavy atom. The molecule has 0 bridgehead atoms. The minimum atomic E-state index is -1.18. The van der Waals surface area contributed by atoms with E-state index < -0.39 is 5.97 Å². The first-order valence-electron chi connectivity index (χ1n) is 15.2. The normalized spacial score (nSPS) is 11.8. The molecule has 0 aromatic carbocycles. The van der Waals surface area contributed by atoms with Crippen molar-refractivity contribution < 1.29 is 14.7 Å². The van der Waals surface area contributed by atoms with Crippen molar-refractivity contribution in [2.75, 3.05) is 11.5 Å². The molecule has 0 radical (unpaired) electrons. The number of hydrogen-bond acceptors (Lipinski definition) is 14. The van der Waals surface area contributed by atoms with Crippen molar-refractivity contribution >= 4 is 46.4 Å². The van der Waals surface area contributed by atoms with Crippen LogP contribution in [0.2, 0.25) is 0 Å². The zero-order chi connectivity index (χ0) is 34.5. The number of aryl methyl sites for hydroxylation is 4. The van der Waals surface area contributed by atoms with Crippen molar-refractivity contribution in [2.45, 2.75) is 59.3 Å². The van der Waals surface area contributed by atoms with Crippen LogP contribution in [0.15, 0.2) is 45.2 Å². The molecule has 5 N–H and O–H groups in total. The molecular weight excluding hydrogens is 620 g/mol. The fourth-order valence-corrected chi connectivity index (χ4v) is 4.76. The van der Waals surface area contributed by atoms with Gasteiger partial charge in [0.05, 0.1) is 41.7 Å². The molecule has 0 spiro atoms. The number of azo groups is 2. The number of ketones is 1. The van der Waals surface area contributed by atoms with E-state index in [1.165, 1.54) is 50.4 Å². The quantitative estimate of drug-likeness (QED) is 0.107. The lowest BCUT2D eigenvalue weighted by molar-refractivity contribution is 0.0697. The van der Waals surface area contributed by atoms with Crippen LogP contribution in [0.25, 0.3) is 11.6 Å². The Balaban J connectivity index is 1.49. The highest BCUT2D eigenvalue weighted by Gasteiger charge is 2.22. The van der Waals surface area contributed by atoms with Crippen LogP contribution in [0.4, 0.5) is 34.6 Å². The summed E-state index contributed by atoms with van der Waals surface area (Å²) in [6.45, 7) is 5.54. The molecule has 0 amide bonds. The van der Waals surface area contributed by atoms with Crippen LogP contribution in [0.3, 0.4) is 0 Å². The van der Waals surface area contributed by atoms with Crippen LogP contribution in [0, 0.1) is 0 Å². The molecule has 19 heteroatoms. The molecule has 19 nitrogen and oxygen atoms in total. The summed E-state index contributed by atoms with van der Waals surface area (Å²) in [5, 5.41) is 44.0. The van der Waals surface area contributed by atoms with E-state index in [4.69, 9.17) is 11.5 Å². The standard InChI is InChI=1S/C29H36N16O3/c1-6-8-10-19-23(36-38-27-17(16(3)46)12-34-42(27)4)25(30)44(40-19)21-14-33-22(15-32-21)45-26(31)24(20(41-45)11-9-7-2)37-39-28-18(29(47)48)13-35-43(28)5/h12-15H,6-11,30-31H2,1-5H3,(H,47,48)/b38-36+,39-37+. The second kappa shape index (κ2) is 14.1. The van der Waals surface area contributed by atoms with Gasteiger partial charge in [-0.15, -0.1) is 20.5 Å². The number of hydrogen-bond donors (Lipinski definition) is 3. The van der Waals surface area contributed by atoms with E-state index in [0.717, 1.165) is 25.7 Å². The summed E-state index contributed by atoms with van der Waals surface area (Å²) in [5.74, 6) is -0.0454. The number of nitrogen functional groups attached to an aromatic ring is 2. The lowest BCUT2D eigenvalue weighted by Crippen LogP contribution is -2.09. The highest BCUT2D eigenvalue weighted by atomic mass is 16.4. The first kappa shape index (κ1) is 33.2. The number of Topliss-reactive ketones (excluding diaryl/α,β-unsaturated/α-hetero) is 1. The van der Waals surface area contributed by atoms with Gasteiger partial charge in [-0.25, -0.2) is 24.1 Å². The molecule has 48 heavy (non-hydrogen) atoms. The summed E-state index contributed by atoms with van der Waals surface area (Å²) in [5.41, 5.74) is 15.1.